The predicted molar refractivity (Wildman–Crippen MR) is 115 cm³/mol. The zero-order valence-electron chi connectivity index (χ0n) is 17.3. The first-order valence-electron chi connectivity index (χ1n) is 9.48. The lowest BCUT2D eigenvalue weighted by atomic mass is 9.84. The molecule has 0 aromatic heterocycles. The van der Waals surface area contributed by atoms with E-state index >= 15 is 0 Å². The third-order valence-corrected chi connectivity index (χ3v) is 5.96. The van der Waals surface area contributed by atoms with Crippen LogP contribution < -0.4 is 15.4 Å². The molecule has 0 aliphatic rings. The quantitative estimate of drug-likeness (QED) is 0.453. The molecule has 2 aromatic carbocycles. The molecule has 0 atom stereocenters. The molecule has 0 bridgehead atoms. The van der Waals surface area contributed by atoms with Crippen molar-refractivity contribution >= 4 is 16.0 Å². The van der Waals surface area contributed by atoms with Gasteiger partial charge in [-0.15, -0.1) is 0 Å². The Balaban J connectivity index is 2.11. The molecule has 6 nitrogen and oxygen atoms in total. The lowest BCUT2D eigenvalue weighted by Crippen LogP contribution is -2.43. The molecular formula is C21H29FN4O2S. The molecule has 2 rings (SSSR count). The predicted octanol–water partition coefficient (Wildman–Crippen LogP) is 2.77. The second kappa shape index (κ2) is 9.84. The molecule has 0 fully saturated rings. The molecule has 8 heteroatoms. The van der Waals surface area contributed by atoms with Crippen LogP contribution in [-0.4, -0.2) is 34.5 Å². The second-order valence-electron chi connectivity index (χ2n) is 7.30. The van der Waals surface area contributed by atoms with Crippen LogP contribution in [0.5, 0.6) is 0 Å². The van der Waals surface area contributed by atoms with Gasteiger partial charge in [-0.1, -0.05) is 38.1 Å². The molecule has 0 heterocycles. The fourth-order valence-electron chi connectivity index (χ4n) is 2.76. The van der Waals surface area contributed by atoms with Crippen molar-refractivity contribution in [2.75, 3.05) is 20.1 Å². The van der Waals surface area contributed by atoms with Crippen LogP contribution in [0.25, 0.3) is 0 Å². The van der Waals surface area contributed by atoms with E-state index in [1.54, 1.807) is 30.3 Å². The summed E-state index contributed by atoms with van der Waals surface area (Å²) < 4.78 is 39.8. The van der Waals surface area contributed by atoms with Crippen LogP contribution in [0.2, 0.25) is 0 Å². The van der Waals surface area contributed by atoms with Crippen LogP contribution in [-0.2, 0) is 22.0 Å². The van der Waals surface area contributed by atoms with Crippen LogP contribution >= 0.6 is 0 Å². The van der Waals surface area contributed by atoms with Crippen molar-refractivity contribution in [2.24, 2.45) is 4.99 Å². The number of guanidine groups is 1. The number of hydrogen-bond acceptors (Lipinski definition) is 3. The summed E-state index contributed by atoms with van der Waals surface area (Å²) in [5.74, 6) is 0.353. The molecule has 0 saturated heterocycles. The number of benzene rings is 2. The van der Waals surface area contributed by atoms with Gasteiger partial charge in [-0.25, -0.2) is 22.5 Å². The molecule has 3 N–H and O–H groups in total. The molecule has 2 aromatic rings. The fraction of sp³-hybridized carbons (Fsp3) is 0.381. The largest absolute Gasteiger partial charge is 0.357 e. The molecule has 158 valence electrons. The first kappa shape index (κ1) is 22.8. The van der Waals surface area contributed by atoms with E-state index in [9.17, 15) is 12.8 Å². The molecule has 0 saturated carbocycles. The standard InChI is InChI=1S/C21H29FN4O2S/c1-5-24-20(26-15-21(2,3)17-9-7-10-18(22)13-17)25-14-16-8-6-11-19(12-16)29(27,28)23-4/h6-13,23H,5,14-15H2,1-4H3,(H2,24,25,26). The Labute approximate surface area is 172 Å². The third kappa shape index (κ3) is 6.54. The molecule has 0 unspecified atom stereocenters. The van der Waals surface area contributed by atoms with Gasteiger partial charge >= 0.3 is 0 Å². The van der Waals surface area contributed by atoms with Crippen LogP contribution in [0.3, 0.4) is 0 Å². The van der Waals surface area contributed by atoms with E-state index in [2.05, 4.69) is 20.3 Å². The third-order valence-electron chi connectivity index (χ3n) is 4.55. The molecule has 0 spiro atoms. The number of sulfonamides is 1. The Morgan fingerprint density at radius 2 is 1.83 bits per heavy atom. The molecule has 0 aliphatic heterocycles. The Morgan fingerprint density at radius 1 is 1.10 bits per heavy atom. The van der Waals surface area contributed by atoms with Crippen LogP contribution in [0.1, 0.15) is 31.9 Å². The summed E-state index contributed by atoms with van der Waals surface area (Å²) in [6, 6.07) is 13.3. The van der Waals surface area contributed by atoms with Crippen molar-refractivity contribution in [3.05, 3.63) is 65.5 Å². The van der Waals surface area contributed by atoms with Crippen molar-refractivity contribution in [3.63, 3.8) is 0 Å². The van der Waals surface area contributed by atoms with Crippen LogP contribution in [0.4, 0.5) is 4.39 Å². The van der Waals surface area contributed by atoms with Gasteiger partial charge in [0, 0.05) is 18.5 Å². The first-order valence-corrected chi connectivity index (χ1v) is 11.0. The van der Waals surface area contributed by atoms with E-state index in [0.29, 0.717) is 25.6 Å². The normalized spacial score (nSPS) is 12.7. The van der Waals surface area contributed by atoms with Gasteiger partial charge in [0.25, 0.3) is 0 Å². The summed E-state index contributed by atoms with van der Waals surface area (Å²) in [7, 11) is -2.11. The number of hydrogen-bond donors (Lipinski definition) is 3. The summed E-state index contributed by atoms with van der Waals surface area (Å²) in [5, 5.41) is 6.47. The van der Waals surface area contributed by atoms with Crippen molar-refractivity contribution < 1.29 is 12.8 Å². The van der Waals surface area contributed by atoms with Gasteiger partial charge < -0.3 is 10.6 Å². The Hall–Kier alpha value is -2.45. The maximum absolute atomic E-state index is 13.6. The summed E-state index contributed by atoms with van der Waals surface area (Å²) in [6.45, 7) is 7.59. The van der Waals surface area contributed by atoms with E-state index in [4.69, 9.17) is 0 Å². The second-order valence-corrected chi connectivity index (χ2v) is 9.18. The smallest absolute Gasteiger partial charge is 0.240 e. The molecule has 29 heavy (non-hydrogen) atoms. The van der Waals surface area contributed by atoms with Gasteiger partial charge in [-0.05, 0) is 49.4 Å². The van der Waals surface area contributed by atoms with E-state index in [1.807, 2.05) is 32.9 Å². The first-order chi connectivity index (χ1) is 13.7. The van der Waals surface area contributed by atoms with Crippen molar-refractivity contribution in [3.8, 4) is 0 Å². The number of rotatable bonds is 8. The van der Waals surface area contributed by atoms with Gasteiger partial charge in [0.2, 0.25) is 10.0 Å². The molecule has 0 radical (unpaired) electrons. The SMILES string of the molecule is CCNC(=NCc1cccc(S(=O)(=O)NC)c1)NCC(C)(C)c1cccc(F)c1. The van der Waals surface area contributed by atoms with Gasteiger partial charge in [0.1, 0.15) is 5.82 Å². The van der Waals surface area contributed by atoms with Gasteiger partial charge in [-0.2, -0.15) is 0 Å². The highest BCUT2D eigenvalue weighted by Crippen LogP contribution is 2.22. The molecule has 0 amide bonds. The van der Waals surface area contributed by atoms with Crippen LogP contribution in [0, 0.1) is 5.82 Å². The lowest BCUT2D eigenvalue weighted by molar-refractivity contribution is 0.503. The number of nitrogens with zero attached hydrogens (tertiary/aromatic N) is 1. The van der Waals surface area contributed by atoms with Crippen molar-refractivity contribution in [1.29, 1.82) is 0 Å². The van der Waals surface area contributed by atoms with Crippen LogP contribution in [0.15, 0.2) is 58.4 Å². The van der Waals surface area contributed by atoms with Gasteiger partial charge in [0.15, 0.2) is 5.96 Å². The monoisotopic (exact) mass is 420 g/mol. The van der Waals surface area contributed by atoms with E-state index in [0.717, 1.165) is 11.1 Å². The Morgan fingerprint density at radius 3 is 2.48 bits per heavy atom. The number of nitrogens with one attached hydrogen (secondary N) is 3. The highest BCUT2D eigenvalue weighted by Gasteiger charge is 2.21. The highest BCUT2D eigenvalue weighted by molar-refractivity contribution is 7.89. The Bertz CT molecular complexity index is 959. The maximum atomic E-state index is 13.6. The zero-order chi connectivity index (χ0) is 21.5. The van der Waals surface area contributed by atoms with E-state index in [1.165, 1.54) is 13.1 Å². The van der Waals surface area contributed by atoms with Crippen molar-refractivity contribution in [1.82, 2.24) is 15.4 Å². The average molecular weight is 421 g/mol. The highest BCUT2D eigenvalue weighted by atomic mass is 32.2. The summed E-state index contributed by atoms with van der Waals surface area (Å²) >= 11 is 0. The summed E-state index contributed by atoms with van der Waals surface area (Å²) in [6.07, 6.45) is 0. The van der Waals surface area contributed by atoms with E-state index < -0.39 is 10.0 Å². The fourth-order valence-corrected chi connectivity index (χ4v) is 3.56. The minimum atomic E-state index is -3.49. The average Bonchev–Trinajstić information content (AvgIpc) is 2.70. The minimum Gasteiger partial charge on any atom is -0.357 e. The lowest BCUT2D eigenvalue weighted by Gasteiger charge is -2.27. The number of halogens is 1. The summed E-state index contributed by atoms with van der Waals surface area (Å²) in [5.41, 5.74) is 1.37. The van der Waals surface area contributed by atoms with E-state index in [-0.39, 0.29) is 16.1 Å². The topological polar surface area (TPSA) is 82.6 Å². The maximum Gasteiger partial charge on any atom is 0.240 e. The van der Waals surface area contributed by atoms with Gasteiger partial charge in [0.05, 0.1) is 11.4 Å². The minimum absolute atomic E-state index is 0.206. The molecular weight excluding hydrogens is 391 g/mol. The molecule has 0 aliphatic carbocycles. The van der Waals surface area contributed by atoms with Crippen molar-refractivity contribution in [2.45, 2.75) is 37.6 Å². The zero-order valence-corrected chi connectivity index (χ0v) is 18.1. The van der Waals surface area contributed by atoms with Gasteiger partial charge in [-0.3, -0.25) is 0 Å². The number of aliphatic imine (C=N–C) groups is 1. The summed E-state index contributed by atoms with van der Waals surface area (Å²) in [4.78, 5) is 4.76. The Kier molecular flexibility index (Phi) is 7.75.